The normalized spacial score (nSPS) is 16.8. The molecule has 0 radical (unpaired) electrons. The lowest BCUT2D eigenvalue weighted by molar-refractivity contribution is -0.131. The van der Waals surface area contributed by atoms with Crippen molar-refractivity contribution in [3.8, 4) is 5.88 Å². The Morgan fingerprint density at radius 3 is 2.85 bits per heavy atom. The van der Waals surface area contributed by atoms with Gasteiger partial charge in [-0.25, -0.2) is 9.97 Å². The van der Waals surface area contributed by atoms with E-state index in [4.69, 9.17) is 9.72 Å². The number of rotatable bonds is 5. The molecule has 3 heterocycles. The molecule has 1 saturated heterocycles. The van der Waals surface area contributed by atoms with Crippen molar-refractivity contribution in [2.45, 2.75) is 38.8 Å². The van der Waals surface area contributed by atoms with Crippen LogP contribution in [0.25, 0.3) is 11.0 Å². The van der Waals surface area contributed by atoms with Crippen LogP contribution in [0, 0.1) is 0 Å². The van der Waals surface area contributed by atoms with Crippen molar-refractivity contribution in [3.63, 3.8) is 0 Å². The molecule has 1 aliphatic heterocycles. The molecule has 1 atom stereocenters. The number of carbonyl (C=O) groups is 1. The number of para-hydroxylation sites is 2. The van der Waals surface area contributed by atoms with Crippen LogP contribution in [0.4, 0.5) is 0 Å². The number of aromatic nitrogens is 3. The van der Waals surface area contributed by atoms with Gasteiger partial charge in [0.05, 0.1) is 36.3 Å². The van der Waals surface area contributed by atoms with Gasteiger partial charge in [-0.3, -0.25) is 4.79 Å². The highest BCUT2D eigenvalue weighted by atomic mass is 16.5. The third-order valence-corrected chi connectivity index (χ3v) is 5.19. The first-order valence-electron chi connectivity index (χ1n) is 9.45. The second-order valence-electron chi connectivity index (χ2n) is 6.80. The van der Waals surface area contributed by atoms with Gasteiger partial charge >= 0.3 is 0 Å². The Kier molecular flexibility index (Phi) is 4.79. The predicted molar refractivity (Wildman–Crippen MR) is 104 cm³/mol. The first-order chi connectivity index (χ1) is 13.2. The maximum Gasteiger partial charge on any atom is 0.229 e. The molecule has 4 rings (SSSR count). The van der Waals surface area contributed by atoms with E-state index in [1.54, 1.807) is 13.2 Å². The van der Waals surface area contributed by atoms with Gasteiger partial charge in [-0.2, -0.15) is 0 Å². The summed E-state index contributed by atoms with van der Waals surface area (Å²) in [6.45, 7) is 3.73. The molecule has 1 unspecified atom stereocenters. The number of pyridine rings is 1. The number of amides is 1. The van der Waals surface area contributed by atoms with Crippen LogP contribution in [0.15, 0.2) is 42.5 Å². The molecule has 1 aromatic carbocycles. The molecular weight excluding hydrogens is 340 g/mol. The number of benzene rings is 1. The number of hydrogen-bond acceptors (Lipinski definition) is 4. The molecule has 0 bridgehead atoms. The summed E-state index contributed by atoms with van der Waals surface area (Å²) in [5.41, 5.74) is 2.85. The quantitative estimate of drug-likeness (QED) is 0.696. The lowest BCUT2D eigenvalue weighted by atomic mass is 10.2. The summed E-state index contributed by atoms with van der Waals surface area (Å²) >= 11 is 0. The fraction of sp³-hybridized carbons (Fsp3) is 0.381. The van der Waals surface area contributed by atoms with Gasteiger partial charge in [0.2, 0.25) is 11.8 Å². The van der Waals surface area contributed by atoms with Crippen molar-refractivity contribution >= 4 is 16.9 Å². The highest BCUT2D eigenvalue weighted by Gasteiger charge is 2.33. The fourth-order valence-corrected chi connectivity index (χ4v) is 3.94. The number of hydrogen-bond donors (Lipinski definition) is 0. The van der Waals surface area contributed by atoms with E-state index in [0.717, 1.165) is 48.5 Å². The van der Waals surface area contributed by atoms with Crippen molar-refractivity contribution in [1.82, 2.24) is 19.4 Å². The SMILES string of the molecule is CCn1c(C2CCCN2C(=O)Cc2cccc(OC)n2)nc2ccccc21. The Morgan fingerprint density at radius 1 is 1.19 bits per heavy atom. The molecule has 140 valence electrons. The first-order valence-corrected chi connectivity index (χ1v) is 9.45. The van der Waals surface area contributed by atoms with E-state index in [9.17, 15) is 4.79 Å². The minimum atomic E-state index is 0.0236. The summed E-state index contributed by atoms with van der Waals surface area (Å²) in [7, 11) is 1.58. The zero-order valence-corrected chi connectivity index (χ0v) is 15.8. The van der Waals surface area contributed by atoms with E-state index < -0.39 is 0 Å². The summed E-state index contributed by atoms with van der Waals surface area (Å²) in [5, 5.41) is 0. The zero-order chi connectivity index (χ0) is 18.8. The number of imidazole rings is 1. The van der Waals surface area contributed by atoms with Crippen LogP contribution in [-0.4, -0.2) is 39.0 Å². The average molecular weight is 364 g/mol. The Bertz CT molecular complexity index is 966. The molecule has 0 N–H and O–H groups in total. The van der Waals surface area contributed by atoms with Gasteiger partial charge in [-0.05, 0) is 38.0 Å². The van der Waals surface area contributed by atoms with E-state index in [0.29, 0.717) is 5.88 Å². The third-order valence-electron chi connectivity index (χ3n) is 5.19. The minimum Gasteiger partial charge on any atom is -0.481 e. The van der Waals surface area contributed by atoms with E-state index in [2.05, 4.69) is 22.5 Å². The monoisotopic (exact) mass is 364 g/mol. The molecule has 2 aromatic heterocycles. The summed E-state index contributed by atoms with van der Waals surface area (Å²) in [6, 6.07) is 13.7. The first kappa shape index (κ1) is 17.5. The van der Waals surface area contributed by atoms with Gasteiger partial charge in [0, 0.05) is 19.2 Å². The number of methoxy groups -OCH3 is 1. The topological polar surface area (TPSA) is 60.2 Å². The highest BCUT2D eigenvalue weighted by Crippen LogP contribution is 2.33. The van der Waals surface area contributed by atoms with Crippen LogP contribution >= 0.6 is 0 Å². The maximum absolute atomic E-state index is 13.0. The van der Waals surface area contributed by atoms with Gasteiger partial charge in [0.1, 0.15) is 5.82 Å². The lowest BCUT2D eigenvalue weighted by Crippen LogP contribution is -2.33. The smallest absolute Gasteiger partial charge is 0.229 e. The molecule has 6 heteroatoms. The summed E-state index contributed by atoms with van der Waals surface area (Å²) < 4.78 is 7.40. The molecule has 0 spiro atoms. The van der Waals surface area contributed by atoms with E-state index in [1.807, 2.05) is 35.2 Å². The van der Waals surface area contributed by atoms with E-state index in [-0.39, 0.29) is 18.4 Å². The average Bonchev–Trinajstić information content (AvgIpc) is 3.32. The number of ether oxygens (including phenoxy) is 1. The second kappa shape index (κ2) is 7.39. The van der Waals surface area contributed by atoms with Gasteiger partial charge in [-0.15, -0.1) is 0 Å². The Hall–Kier alpha value is -2.89. The molecule has 6 nitrogen and oxygen atoms in total. The Balaban J connectivity index is 1.61. The summed E-state index contributed by atoms with van der Waals surface area (Å²) in [5.74, 6) is 1.61. The van der Waals surface area contributed by atoms with Crippen molar-refractivity contribution in [2.75, 3.05) is 13.7 Å². The lowest BCUT2D eigenvalue weighted by Gasteiger charge is -2.25. The predicted octanol–water partition coefficient (Wildman–Crippen LogP) is 3.37. The van der Waals surface area contributed by atoms with Gasteiger partial charge < -0.3 is 14.2 Å². The largest absolute Gasteiger partial charge is 0.481 e. The molecule has 1 amide bonds. The van der Waals surface area contributed by atoms with Crippen LogP contribution in [0.3, 0.4) is 0 Å². The van der Waals surface area contributed by atoms with Crippen LogP contribution in [-0.2, 0) is 17.8 Å². The van der Waals surface area contributed by atoms with E-state index >= 15 is 0 Å². The van der Waals surface area contributed by atoms with Crippen LogP contribution in [0.1, 0.15) is 37.3 Å². The number of aryl methyl sites for hydroxylation is 1. The Morgan fingerprint density at radius 2 is 2.04 bits per heavy atom. The number of likely N-dealkylation sites (tertiary alicyclic amines) is 1. The molecule has 27 heavy (non-hydrogen) atoms. The molecule has 0 aliphatic carbocycles. The number of nitrogens with zero attached hydrogens (tertiary/aromatic N) is 4. The van der Waals surface area contributed by atoms with Crippen molar-refractivity contribution in [3.05, 3.63) is 54.0 Å². The molecule has 1 fully saturated rings. The highest BCUT2D eigenvalue weighted by molar-refractivity contribution is 5.80. The standard InChI is InChI=1S/C21H24N4O2/c1-3-24-17-10-5-4-9-16(17)23-21(24)18-11-7-13-25(18)20(26)14-15-8-6-12-19(22-15)27-2/h4-6,8-10,12,18H,3,7,11,13-14H2,1-2H3. The van der Waals surface area contributed by atoms with Gasteiger partial charge in [-0.1, -0.05) is 18.2 Å². The third kappa shape index (κ3) is 3.27. The fourth-order valence-electron chi connectivity index (χ4n) is 3.94. The van der Waals surface area contributed by atoms with E-state index in [1.165, 1.54) is 0 Å². The minimum absolute atomic E-state index is 0.0236. The van der Waals surface area contributed by atoms with Crippen LogP contribution in [0.5, 0.6) is 5.88 Å². The van der Waals surface area contributed by atoms with Crippen molar-refractivity contribution < 1.29 is 9.53 Å². The zero-order valence-electron chi connectivity index (χ0n) is 15.8. The van der Waals surface area contributed by atoms with Crippen molar-refractivity contribution in [2.24, 2.45) is 0 Å². The van der Waals surface area contributed by atoms with Crippen LogP contribution in [0.2, 0.25) is 0 Å². The van der Waals surface area contributed by atoms with Gasteiger partial charge in [0.15, 0.2) is 0 Å². The number of fused-ring (bicyclic) bond motifs is 1. The molecule has 0 saturated carbocycles. The Labute approximate surface area is 158 Å². The summed E-state index contributed by atoms with van der Waals surface area (Å²) in [4.78, 5) is 24.2. The summed E-state index contributed by atoms with van der Waals surface area (Å²) in [6.07, 6.45) is 2.22. The molecular formula is C21H24N4O2. The number of carbonyl (C=O) groups excluding carboxylic acids is 1. The van der Waals surface area contributed by atoms with Crippen molar-refractivity contribution in [1.29, 1.82) is 0 Å². The van der Waals surface area contributed by atoms with Crippen LogP contribution < -0.4 is 4.74 Å². The maximum atomic E-state index is 13.0. The van der Waals surface area contributed by atoms with Gasteiger partial charge in [0.25, 0.3) is 0 Å². The second-order valence-corrected chi connectivity index (χ2v) is 6.80. The molecule has 1 aliphatic rings. The molecule has 3 aromatic rings.